The van der Waals surface area contributed by atoms with Crippen LogP contribution in [0.4, 0.5) is 17.6 Å². The predicted octanol–water partition coefficient (Wildman–Crippen LogP) is 22.1. The molecule has 0 fully saturated rings. The Labute approximate surface area is 533 Å². The van der Waals surface area contributed by atoms with E-state index in [1.165, 1.54) is 28.0 Å². The van der Waals surface area contributed by atoms with Crippen molar-refractivity contribution in [3.63, 3.8) is 0 Å². The Morgan fingerprint density at radius 2 is 0.966 bits per heavy atom. The summed E-state index contributed by atoms with van der Waals surface area (Å²) >= 11 is 4.78. The van der Waals surface area contributed by atoms with E-state index in [1.807, 2.05) is 12.1 Å². The molecule has 4 aliphatic carbocycles. The number of halogens is 4. The summed E-state index contributed by atoms with van der Waals surface area (Å²) < 4.78 is 59.5. The van der Waals surface area contributed by atoms with Gasteiger partial charge in [0.2, 0.25) is 0 Å². The van der Waals surface area contributed by atoms with E-state index in [1.54, 1.807) is 34.8 Å². The van der Waals surface area contributed by atoms with Crippen molar-refractivity contribution in [3.05, 3.63) is 183 Å². The zero-order valence-electron chi connectivity index (χ0n) is 51.6. The number of hydrogen-bond donors (Lipinski definition) is 1. The smallest absolute Gasteiger partial charge is 0.270 e. The normalized spacial score (nSPS) is 18.5. The molecule has 0 amide bonds. The SMILES string of the molecule is [C-]#[N+]/C(C#N)=C1\C(=C\c2cc3c(s2)-c2cc(CO)c(-c4cc5c(s4)-c4sc(/C=C6\C(=O)c7cc(F)c(F)cc7\C6=C(\C#N)[N+]#[C-])cc4C5(CC(CC)CCCC)CC(CC)CCCC)cc2C3(CCCCCC)CCCCCC)C(=O)c2cc(F)c(F)cc21. The highest BCUT2D eigenvalue weighted by Crippen LogP contribution is 2.64. The molecular formula is C75H74F4N4O3S3. The summed E-state index contributed by atoms with van der Waals surface area (Å²) in [5.41, 5.74) is 5.73. The lowest BCUT2D eigenvalue weighted by Crippen LogP contribution is -2.31. The van der Waals surface area contributed by atoms with Crippen molar-refractivity contribution in [1.29, 1.82) is 10.5 Å². The molecule has 89 heavy (non-hydrogen) atoms. The second-order valence-electron chi connectivity index (χ2n) is 24.7. The van der Waals surface area contributed by atoms with Crippen molar-refractivity contribution in [2.75, 3.05) is 0 Å². The molecule has 0 radical (unpaired) electrons. The Bertz CT molecular complexity index is 4060. The summed E-state index contributed by atoms with van der Waals surface area (Å²) in [5, 5.41) is 32.1. The zero-order chi connectivity index (χ0) is 63.5. The molecule has 6 aromatic rings. The molecule has 0 aliphatic heterocycles. The van der Waals surface area contributed by atoms with E-state index in [9.17, 15) is 42.8 Å². The van der Waals surface area contributed by atoms with Crippen molar-refractivity contribution < 1.29 is 32.3 Å². The number of carbonyl (C=O) groups is 2. The van der Waals surface area contributed by atoms with Gasteiger partial charge in [-0.25, -0.2) is 37.8 Å². The third kappa shape index (κ3) is 11.7. The maximum Gasteiger partial charge on any atom is 0.270 e. The Kier molecular flexibility index (Phi) is 19.9. The lowest BCUT2D eigenvalue weighted by atomic mass is 9.65. The van der Waals surface area contributed by atoms with Gasteiger partial charge in [-0.2, -0.15) is 0 Å². The fourth-order valence-electron chi connectivity index (χ4n) is 14.8. The van der Waals surface area contributed by atoms with Crippen molar-refractivity contribution in [2.24, 2.45) is 11.8 Å². The number of nitriles is 2. The van der Waals surface area contributed by atoms with Gasteiger partial charge in [-0.1, -0.05) is 144 Å². The Morgan fingerprint density at radius 1 is 0.528 bits per heavy atom. The molecule has 3 heterocycles. The van der Waals surface area contributed by atoms with E-state index in [2.05, 4.69) is 81.6 Å². The standard InChI is InChI=1S/C75H74F4N4O3S3/c1-9-15-19-21-25-74(26-22-20-16-10-2)56-32-48(45(42-84)27-53(56)71-57(74)30-46(87-71)28-54-67(64(40-80)82-7)49-33-60(76)62(78)35-51(49)69(54)85)66-37-59-73(89-66)72-58(75(59,38-43(13-5)23-17-11-3)39-44(14-6)24-18-12-4)31-47(88-72)29-55-68(65(41-81)83-8)50-34-61(77)63(79)36-52(50)70(55)86/h27-37,43-44,84H,9-26,38-39,42H2,1-6H3/b54-28-,55-29-,67-64-,68-65+. The molecule has 4 aliphatic rings. The van der Waals surface area contributed by atoms with Crippen LogP contribution in [0.1, 0.15) is 239 Å². The molecule has 1 N–H and O–H groups in total. The number of rotatable bonds is 26. The third-order valence-corrected chi connectivity index (χ3v) is 22.9. The van der Waals surface area contributed by atoms with Gasteiger partial charge in [0.15, 0.2) is 34.8 Å². The molecule has 0 saturated carbocycles. The summed E-state index contributed by atoms with van der Waals surface area (Å²) in [7, 11) is 0. The van der Waals surface area contributed by atoms with Crippen LogP contribution in [0.25, 0.3) is 63.6 Å². The van der Waals surface area contributed by atoms with E-state index in [4.69, 9.17) is 13.1 Å². The molecular weight excluding hydrogens is 1180 g/mol. The van der Waals surface area contributed by atoms with Gasteiger partial charge in [-0.3, -0.25) is 9.59 Å². The predicted molar refractivity (Wildman–Crippen MR) is 353 cm³/mol. The number of allylic oxidation sites excluding steroid dienone is 6. The molecule has 0 bridgehead atoms. The van der Waals surface area contributed by atoms with Crippen LogP contribution >= 0.6 is 34.0 Å². The minimum atomic E-state index is -1.20. The first-order valence-corrected chi connectivity index (χ1v) is 34.3. The minimum Gasteiger partial charge on any atom is -0.392 e. The fourth-order valence-corrected chi connectivity index (χ4v) is 18.7. The van der Waals surface area contributed by atoms with Gasteiger partial charge in [0.25, 0.3) is 11.4 Å². The van der Waals surface area contributed by atoms with Crippen LogP contribution in [0, 0.1) is 70.9 Å². The number of aliphatic hydroxyl groups is 1. The highest BCUT2D eigenvalue weighted by Gasteiger charge is 2.50. The van der Waals surface area contributed by atoms with E-state index in [0.717, 1.165) is 199 Å². The second kappa shape index (κ2) is 27.4. The monoisotopic (exact) mass is 1250 g/mol. The van der Waals surface area contributed by atoms with Gasteiger partial charge in [0.05, 0.1) is 31.9 Å². The molecule has 3 aromatic carbocycles. The van der Waals surface area contributed by atoms with Crippen LogP contribution in [0.15, 0.2) is 77.1 Å². The number of carbonyl (C=O) groups excluding carboxylic acids is 2. The summed E-state index contributed by atoms with van der Waals surface area (Å²) in [5.74, 6) is -5.14. The van der Waals surface area contributed by atoms with Crippen LogP contribution < -0.4 is 0 Å². The van der Waals surface area contributed by atoms with Gasteiger partial charge >= 0.3 is 0 Å². The Morgan fingerprint density at radius 3 is 1.40 bits per heavy atom. The summed E-state index contributed by atoms with van der Waals surface area (Å²) in [4.78, 5) is 41.3. The maximum absolute atomic E-state index is 15.0. The Hall–Kier alpha value is -7.30. The quantitative estimate of drug-likeness (QED) is 0.0191. The number of benzene rings is 3. The first-order chi connectivity index (χ1) is 43.1. The zero-order valence-corrected chi connectivity index (χ0v) is 54.1. The maximum atomic E-state index is 15.0. The summed E-state index contributed by atoms with van der Waals surface area (Å²) in [6.45, 7) is 29.0. The van der Waals surface area contributed by atoms with E-state index in [-0.39, 0.29) is 62.5 Å². The van der Waals surface area contributed by atoms with Crippen molar-refractivity contribution >= 4 is 68.9 Å². The lowest BCUT2D eigenvalue weighted by molar-refractivity contribution is 0.103. The van der Waals surface area contributed by atoms with Gasteiger partial charge < -0.3 is 5.11 Å². The highest BCUT2D eigenvalue weighted by atomic mass is 32.1. The second-order valence-corrected chi connectivity index (χ2v) is 27.9. The largest absolute Gasteiger partial charge is 0.392 e. The number of fused-ring (bicyclic) bond motifs is 8. The molecule has 10 rings (SSSR count). The van der Waals surface area contributed by atoms with Crippen LogP contribution in [0.5, 0.6) is 0 Å². The minimum absolute atomic E-state index is 0.00158. The summed E-state index contributed by atoms with van der Waals surface area (Å²) in [6.07, 6.45) is 23.6. The van der Waals surface area contributed by atoms with E-state index >= 15 is 0 Å². The topological polar surface area (TPSA) is 111 Å². The number of aliphatic hydroxyl groups excluding tert-OH is 1. The Balaban J connectivity index is 1.19. The van der Waals surface area contributed by atoms with Gasteiger partial charge in [0.1, 0.15) is 0 Å². The summed E-state index contributed by atoms with van der Waals surface area (Å²) in [6, 6.07) is 18.6. The van der Waals surface area contributed by atoms with Crippen LogP contribution in [0.2, 0.25) is 0 Å². The number of thiophene rings is 3. The molecule has 7 nitrogen and oxygen atoms in total. The van der Waals surface area contributed by atoms with Crippen molar-refractivity contribution in [1.82, 2.24) is 0 Å². The van der Waals surface area contributed by atoms with Gasteiger partial charge in [-0.05, 0) is 154 Å². The van der Waals surface area contributed by atoms with Crippen LogP contribution in [-0.4, -0.2) is 16.7 Å². The number of ketones is 2. The van der Waals surface area contributed by atoms with E-state index < -0.39 is 45.7 Å². The lowest BCUT2D eigenvalue weighted by Gasteiger charge is -2.37. The molecule has 3 aromatic heterocycles. The highest BCUT2D eigenvalue weighted by molar-refractivity contribution is 7.24. The van der Waals surface area contributed by atoms with Crippen LogP contribution in [0.3, 0.4) is 0 Å². The van der Waals surface area contributed by atoms with Crippen LogP contribution in [-0.2, 0) is 17.4 Å². The molecule has 14 heteroatoms. The van der Waals surface area contributed by atoms with Gasteiger partial charge in [-0.15, -0.1) is 34.0 Å². The average molecular weight is 1250 g/mol. The number of Topliss-reactive ketones (excluding diaryl/α,β-unsaturated/α-hetero) is 2. The number of nitrogens with zero attached hydrogens (tertiary/aromatic N) is 4. The molecule has 0 saturated heterocycles. The third-order valence-electron chi connectivity index (χ3n) is 19.4. The number of hydrogen-bond acceptors (Lipinski definition) is 8. The average Bonchev–Trinajstić information content (AvgIpc) is 1.65. The van der Waals surface area contributed by atoms with Gasteiger partial charge in [0, 0.05) is 73.5 Å². The first-order valence-electron chi connectivity index (χ1n) is 31.9. The molecule has 2 atom stereocenters. The van der Waals surface area contributed by atoms with E-state index in [0.29, 0.717) is 16.7 Å². The number of unbranched alkanes of at least 4 members (excludes halogenated alkanes) is 8. The fraction of sp³-hybridized carbons (Fsp3) is 0.413. The molecule has 0 spiro atoms. The first kappa shape index (κ1) is 64.7. The van der Waals surface area contributed by atoms with Crippen molar-refractivity contribution in [3.8, 4) is 42.8 Å². The molecule has 458 valence electrons. The molecule has 2 unspecified atom stereocenters. The van der Waals surface area contributed by atoms with Crippen molar-refractivity contribution in [2.45, 2.75) is 187 Å².